The Bertz CT molecular complexity index is 644. The predicted octanol–water partition coefficient (Wildman–Crippen LogP) is 5.26. The van der Waals surface area contributed by atoms with Gasteiger partial charge in [-0.3, -0.25) is 0 Å². The van der Waals surface area contributed by atoms with Crippen molar-refractivity contribution in [1.82, 2.24) is 0 Å². The molecule has 0 bridgehead atoms. The van der Waals surface area contributed by atoms with E-state index in [1.807, 2.05) is 43.3 Å². The van der Waals surface area contributed by atoms with Crippen LogP contribution in [0.15, 0.2) is 40.9 Å². The second-order valence-electron chi connectivity index (χ2n) is 5.25. The van der Waals surface area contributed by atoms with E-state index in [4.69, 9.17) is 14.2 Å². The van der Waals surface area contributed by atoms with Gasteiger partial charge in [0.1, 0.15) is 5.75 Å². The summed E-state index contributed by atoms with van der Waals surface area (Å²) in [7, 11) is 1.66. The van der Waals surface area contributed by atoms with Crippen molar-refractivity contribution < 1.29 is 14.2 Å². The third kappa shape index (κ3) is 5.06. The molecule has 0 atom stereocenters. The van der Waals surface area contributed by atoms with Crippen LogP contribution in [0.25, 0.3) is 0 Å². The summed E-state index contributed by atoms with van der Waals surface area (Å²) in [4.78, 5) is 0. The lowest BCUT2D eigenvalue weighted by Gasteiger charge is -2.15. The molecular formula is C19H24BrNO3. The van der Waals surface area contributed by atoms with Gasteiger partial charge < -0.3 is 19.5 Å². The Labute approximate surface area is 152 Å². The largest absolute Gasteiger partial charge is 0.497 e. The van der Waals surface area contributed by atoms with Crippen LogP contribution in [0, 0.1) is 0 Å². The Morgan fingerprint density at radius 2 is 1.71 bits per heavy atom. The Morgan fingerprint density at radius 1 is 1.00 bits per heavy atom. The van der Waals surface area contributed by atoms with Gasteiger partial charge in [0.25, 0.3) is 0 Å². The smallest absolute Gasteiger partial charge is 0.162 e. The molecule has 24 heavy (non-hydrogen) atoms. The molecule has 5 heteroatoms. The lowest BCUT2D eigenvalue weighted by molar-refractivity contribution is 0.276. The summed E-state index contributed by atoms with van der Waals surface area (Å²) in [6.45, 7) is 6.02. The van der Waals surface area contributed by atoms with Crippen molar-refractivity contribution in [3.8, 4) is 17.2 Å². The van der Waals surface area contributed by atoms with Crippen molar-refractivity contribution in [2.75, 3.05) is 25.6 Å². The zero-order valence-corrected chi connectivity index (χ0v) is 16.0. The fourth-order valence-corrected chi connectivity index (χ4v) is 2.67. The molecule has 2 rings (SSSR count). The van der Waals surface area contributed by atoms with Gasteiger partial charge in [-0.05, 0) is 55.3 Å². The van der Waals surface area contributed by atoms with Crippen molar-refractivity contribution in [2.24, 2.45) is 0 Å². The molecule has 0 fully saturated rings. The summed E-state index contributed by atoms with van der Waals surface area (Å²) in [5.41, 5.74) is 2.14. The van der Waals surface area contributed by atoms with Crippen molar-refractivity contribution >= 4 is 21.6 Å². The Morgan fingerprint density at radius 3 is 2.33 bits per heavy atom. The number of rotatable bonds is 9. The van der Waals surface area contributed by atoms with E-state index in [9.17, 15) is 0 Å². The number of methoxy groups -OCH3 is 1. The molecule has 0 radical (unpaired) electrons. The number of benzene rings is 2. The van der Waals surface area contributed by atoms with Gasteiger partial charge in [0.2, 0.25) is 0 Å². The lowest BCUT2D eigenvalue weighted by Crippen LogP contribution is -2.04. The second kappa shape index (κ2) is 9.42. The third-order valence-electron chi connectivity index (χ3n) is 3.45. The number of hydrogen-bond donors (Lipinski definition) is 1. The molecule has 0 aliphatic rings. The van der Waals surface area contributed by atoms with E-state index < -0.39 is 0 Å². The number of ether oxygens (including phenoxy) is 3. The molecule has 0 aliphatic heterocycles. The van der Waals surface area contributed by atoms with Crippen molar-refractivity contribution in [1.29, 1.82) is 0 Å². The highest BCUT2D eigenvalue weighted by molar-refractivity contribution is 9.10. The molecule has 0 heterocycles. The summed E-state index contributed by atoms with van der Waals surface area (Å²) in [6.07, 6.45) is 0.962. The molecular weight excluding hydrogens is 370 g/mol. The van der Waals surface area contributed by atoms with Gasteiger partial charge in [-0.25, -0.2) is 0 Å². The van der Waals surface area contributed by atoms with E-state index in [0.717, 1.165) is 39.4 Å². The van der Waals surface area contributed by atoms with Gasteiger partial charge >= 0.3 is 0 Å². The van der Waals surface area contributed by atoms with Gasteiger partial charge in [0, 0.05) is 16.7 Å². The summed E-state index contributed by atoms with van der Waals surface area (Å²) in [5, 5.41) is 3.40. The highest BCUT2D eigenvalue weighted by atomic mass is 79.9. The lowest BCUT2D eigenvalue weighted by atomic mass is 10.2. The molecule has 0 unspecified atom stereocenters. The minimum absolute atomic E-state index is 0.607. The summed E-state index contributed by atoms with van der Waals surface area (Å²) >= 11 is 3.63. The molecule has 0 saturated heterocycles. The minimum Gasteiger partial charge on any atom is -0.497 e. The molecule has 0 aromatic heterocycles. The van der Waals surface area contributed by atoms with Crippen LogP contribution >= 0.6 is 15.9 Å². The predicted molar refractivity (Wildman–Crippen MR) is 101 cm³/mol. The zero-order chi connectivity index (χ0) is 17.4. The van der Waals surface area contributed by atoms with E-state index in [-0.39, 0.29) is 0 Å². The number of hydrogen-bond acceptors (Lipinski definition) is 4. The van der Waals surface area contributed by atoms with E-state index in [1.54, 1.807) is 7.11 Å². The molecule has 130 valence electrons. The quantitative estimate of drug-likeness (QED) is 0.630. The number of halogens is 1. The van der Waals surface area contributed by atoms with E-state index in [2.05, 4.69) is 28.2 Å². The fraction of sp³-hybridized carbons (Fsp3) is 0.368. The van der Waals surface area contributed by atoms with Crippen LogP contribution in [0.4, 0.5) is 5.69 Å². The first-order valence-corrected chi connectivity index (χ1v) is 8.93. The molecule has 2 aromatic carbocycles. The van der Waals surface area contributed by atoms with E-state index in [1.165, 1.54) is 0 Å². The number of anilines is 1. The first-order chi connectivity index (χ1) is 11.7. The number of nitrogens with one attached hydrogen (secondary N) is 1. The van der Waals surface area contributed by atoms with Gasteiger partial charge in [-0.15, -0.1) is 0 Å². The minimum atomic E-state index is 0.607. The standard InChI is InChI=1S/C19H24BrNO3/c1-4-10-24-19-12-17(20)14(11-18(19)23-5-2)13-21-15-6-8-16(22-3)9-7-15/h6-9,11-12,21H,4-5,10,13H2,1-3H3. The monoisotopic (exact) mass is 393 g/mol. The first kappa shape index (κ1) is 18.5. The van der Waals surface area contributed by atoms with Gasteiger partial charge in [-0.1, -0.05) is 22.9 Å². The maximum absolute atomic E-state index is 5.77. The third-order valence-corrected chi connectivity index (χ3v) is 4.19. The van der Waals surface area contributed by atoms with E-state index >= 15 is 0 Å². The van der Waals surface area contributed by atoms with Crippen molar-refractivity contribution in [2.45, 2.75) is 26.8 Å². The zero-order valence-electron chi connectivity index (χ0n) is 14.4. The molecule has 0 amide bonds. The highest BCUT2D eigenvalue weighted by Gasteiger charge is 2.11. The molecule has 0 saturated carbocycles. The van der Waals surface area contributed by atoms with Crippen LogP contribution in [0.3, 0.4) is 0 Å². The average Bonchev–Trinajstić information content (AvgIpc) is 2.61. The summed E-state index contributed by atoms with van der Waals surface area (Å²) < 4.78 is 17.7. The van der Waals surface area contributed by atoms with Crippen LogP contribution in [-0.4, -0.2) is 20.3 Å². The topological polar surface area (TPSA) is 39.7 Å². The Hall–Kier alpha value is -1.88. The molecule has 4 nitrogen and oxygen atoms in total. The van der Waals surface area contributed by atoms with Crippen molar-refractivity contribution in [3.63, 3.8) is 0 Å². The van der Waals surface area contributed by atoms with Crippen molar-refractivity contribution in [3.05, 3.63) is 46.4 Å². The van der Waals surface area contributed by atoms with Gasteiger partial charge in [-0.2, -0.15) is 0 Å². The molecule has 1 N–H and O–H groups in total. The first-order valence-electron chi connectivity index (χ1n) is 8.13. The maximum Gasteiger partial charge on any atom is 0.162 e. The summed E-state index contributed by atoms with van der Waals surface area (Å²) in [6, 6.07) is 11.9. The van der Waals surface area contributed by atoms with Gasteiger partial charge in [0.05, 0.1) is 20.3 Å². The van der Waals surface area contributed by atoms with Crippen LogP contribution in [0.5, 0.6) is 17.2 Å². The fourth-order valence-electron chi connectivity index (χ4n) is 2.21. The molecule has 0 spiro atoms. The summed E-state index contributed by atoms with van der Waals surface area (Å²) in [5.74, 6) is 2.40. The highest BCUT2D eigenvalue weighted by Crippen LogP contribution is 2.34. The van der Waals surface area contributed by atoms with Crippen LogP contribution < -0.4 is 19.5 Å². The van der Waals surface area contributed by atoms with Crippen LogP contribution in [0.1, 0.15) is 25.8 Å². The van der Waals surface area contributed by atoms with Crippen LogP contribution in [-0.2, 0) is 6.54 Å². The molecule has 0 aliphatic carbocycles. The van der Waals surface area contributed by atoms with Gasteiger partial charge in [0.15, 0.2) is 11.5 Å². The normalized spacial score (nSPS) is 10.3. The van der Waals surface area contributed by atoms with Crippen LogP contribution in [0.2, 0.25) is 0 Å². The Kier molecular flexibility index (Phi) is 7.25. The second-order valence-corrected chi connectivity index (χ2v) is 6.11. The molecule has 2 aromatic rings. The average molecular weight is 394 g/mol. The Balaban J connectivity index is 2.11. The van der Waals surface area contributed by atoms with E-state index in [0.29, 0.717) is 19.8 Å². The SMILES string of the molecule is CCCOc1cc(Br)c(CNc2ccc(OC)cc2)cc1OCC. The maximum atomic E-state index is 5.77.